The molecule has 0 aromatic carbocycles. The minimum atomic E-state index is 0.166. The van der Waals surface area contributed by atoms with Crippen LogP contribution in [0.15, 0.2) is 4.52 Å². The summed E-state index contributed by atoms with van der Waals surface area (Å²) in [5, 5.41) is 3.97. The van der Waals surface area contributed by atoms with Gasteiger partial charge in [0.05, 0.1) is 5.69 Å². The van der Waals surface area contributed by atoms with E-state index in [9.17, 15) is 4.79 Å². The average molecular weight is 266 g/mol. The molecule has 2 heterocycles. The SMILES string of the molecule is Cc1noc(C)c1CN1CCN(C(=O)CCN)CC1. The van der Waals surface area contributed by atoms with Crippen LogP contribution in [-0.4, -0.2) is 53.6 Å². The number of hydrogen-bond donors (Lipinski definition) is 1. The maximum absolute atomic E-state index is 11.7. The van der Waals surface area contributed by atoms with Gasteiger partial charge in [-0.05, 0) is 13.8 Å². The Kier molecular flexibility index (Phi) is 4.55. The molecule has 1 aromatic rings. The fraction of sp³-hybridized carbons (Fsp3) is 0.692. The Labute approximate surface area is 113 Å². The summed E-state index contributed by atoms with van der Waals surface area (Å²) in [6.45, 7) is 8.52. The molecule has 0 atom stereocenters. The molecule has 106 valence electrons. The van der Waals surface area contributed by atoms with Crippen LogP contribution in [0, 0.1) is 13.8 Å². The Morgan fingerprint density at radius 3 is 2.53 bits per heavy atom. The molecule has 1 aliphatic heterocycles. The molecule has 2 rings (SSSR count). The fourth-order valence-corrected chi connectivity index (χ4v) is 2.39. The van der Waals surface area contributed by atoms with Gasteiger partial charge in [0.15, 0.2) is 0 Å². The summed E-state index contributed by atoms with van der Waals surface area (Å²) in [6, 6.07) is 0. The fourth-order valence-electron chi connectivity index (χ4n) is 2.39. The molecule has 1 fully saturated rings. The van der Waals surface area contributed by atoms with Crippen molar-refractivity contribution >= 4 is 5.91 Å². The summed E-state index contributed by atoms with van der Waals surface area (Å²) >= 11 is 0. The van der Waals surface area contributed by atoms with Crippen molar-refractivity contribution in [3.8, 4) is 0 Å². The van der Waals surface area contributed by atoms with E-state index in [1.165, 1.54) is 5.56 Å². The van der Waals surface area contributed by atoms with Crippen molar-refractivity contribution in [1.29, 1.82) is 0 Å². The molecule has 0 unspecified atom stereocenters. The number of aryl methyl sites for hydroxylation is 2. The minimum Gasteiger partial charge on any atom is -0.361 e. The molecule has 19 heavy (non-hydrogen) atoms. The van der Waals surface area contributed by atoms with Crippen LogP contribution in [0.25, 0.3) is 0 Å². The highest BCUT2D eigenvalue weighted by molar-refractivity contribution is 5.76. The van der Waals surface area contributed by atoms with Crippen LogP contribution in [0.3, 0.4) is 0 Å². The molecule has 1 saturated heterocycles. The van der Waals surface area contributed by atoms with E-state index in [1.807, 2.05) is 18.7 Å². The number of nitrogens with zero attached hydrogens (tertiary/aromatic N) is 3. The van der Waals surface area contributed by atoms with Crippen LogP contribution in [0.4, 0.5) is 0 Å². The van der Waals surface area contributed by atoms with Crippen LogP contribution in [-0.2, 0) is 11.3 Å². The van der Waals surface area contributed by atoms with Gasteiger partial charge in [0.1, 0.15) is 5.76 Å². The van der Waals surface area contributed by atoms with Crippen molar-refractivity contribution in [3.05, 3.63) is 17.0 Å². The molecule has 1 aliphatic rings. The number of carbonyl (C=O) groups is 1. The number of hydrogen-bond acceptors (Lipinski definition) is 5. The summed E-state index contributed by atoms with van der Waals surface area (Å²) in [4.78, 5) is 16.0. The average Bonchev–Trinajstić information content (AvgIpc) is 2.72. The van der Waals surface area contributed by atoms with E-state index in [0.29, 0.717) is 13.0 Å². The first kappa shape index (κ1) is 14.0. The second kappa shape index (κ2) is 6.16. The number of aromatic nitrogens is 1. The van der Waals surface area contributed by atoms with Crippen LogP contribution in [0.1, 0.15) is 23.4 Å². The highest BCUT2D eigenvalue weighted by Gasteiger charge is 2.22. The predicted octanol–water partition coefficient (Wildman–Crippen LogP) is 0.284. The van der Waals surface area contributed by atoms with Gasteiger partial charge < -0.3 is 15.2 Å². The molecule has 0 saturated carbocycles. The molecule has 2 N–H and O–H groups in total. The normalized spacial score (nSPS) is 16.9. The lowest BCUT2D eigenvalue weighted by Crippen LogP contribution is -2.48. The van der Waals surface area contributed by atoms with Gasteiger partial charge >= 0.3 is 0 Å². The van der Waals surface area contributed by atoms with Crippen molar-refractivity contribution in [2.45, 2.75) is 26.8 Å². The van der Waals surface area contributed by atoms with E-state index >= 15 is 0 Å². The lowest BCUT2D eigenvalue weighted by molar-refractivity contribution is -0.132. The van der Waals surface area contributed by atoms with E-state index in [0.717, 1.165) is 44.2 Å². The zero-order chi connectivity index (χ0) is 13.8. The third-order valence-corrected chi connectivity index (χ3v) is 3.65. The Morgan fingerprint density at radius 1 is 1.32 bits per heavy atom. The van der Waals surface area contributed by atoms with Gasteiger partial charge in [-0.2, -0.15) is 0 Å². The molecule has 0 bridgehead atoms. The Bertz CT molecular complexity index is 416. The van der Waals surface area contributed by atoms with Crippen molar-refractivity contribution < 1.29 is 9.32 Å². The Balaban J connectivity index is 1.85. The second-order valence-corrected chi connectivity index (χ2v) is 5.00. The quantitative estimate of drug-likeness (QED) is 0.847. The first-order valence-electron chi connectivity index (χ1n) is 6.73. The van der Waals surface area contributed by atoms with E-state index in [1.54, 1.807) is 0 Å². The number of amides is 1. The Hall–Kier alpha value is -1.40. The number of nitrogens with two attached hydrogens (primary N) is 1. The molecule has 0 radical (unpaired) electrons. The van der Waals surface area contributed by atoms with Crippen LogP contribution < -0.4 is 5.73 Å². The lowest BCUT2D eigenvalue weighted by atomic mass is 10.1. The van der Waals surface area contributed by atoms with Gasteiger partial charge in [-0.1, -0.05) is 5.16 Å². The molecule has 6 nitrogen and oxygen atoms in total. The smallest absolute Gasteiger partial charge is 0.223 e. The minimum absolute atomic E-state index is 0.166. The zero-order valence-electron chi connectivity index (χ0n) is 11.7. The van der Waals surface area contributed by atoms with Gasteiger partial charge in [-0.15, -0.1) is 0 Å². The van der Waals surface area contributed by atoms with Crippen molar-refractivity contribution in [1.82, 2.24) is 15.0 Å². The summed E-state index contributed by atoms with van der Waals surface area (Å²) < 4.78 is 5.17. The highest BCUT2D eigenvalue weighted by atomic mass is 16.5. The van der Waals surface area contributed by atoms with Crippen LogP contribution >= 0.6 is 0 Å². The third-order valence-electron chi connectivity index (χ3n) is 3.65. The molecule has 0 aliphatic carbocycles. The van der Waals surface area contributed by atoms with Gasteiger partial charge in [-0.25, -0.2) is 0 Å². The van der Waals surface area contributed by atoms with Gasteiger partial charge in [-0.3, -0.25) is 9.69 Å². The topological polar surface area (TPSA) is 75.6 Å². The van der Waals surface area contributed by atoms with E-state index in [-0.39, 0.29) is 5.91 Å². The monoisotopic (exact) mass is 266 g/mol. The van der Waals surface area contributed by atoms with Crippen LogP contribution in [0.5, 0.6) is 0 Å². The molecule has 6 heteroatoms. The maximum Gasteiger partial charge on any atom is 0.223 e. The first-order valence-corrected chi connectivity index (χ1v) is 6.73. The molecular weight excluding hydrogens is 244 g/mol. The summed E-state index contributed by atoms with van der Waals surface area (Å²) in [5.74, 6) is 1.05. The number of rotatable bonds is 4. The van der Waals surface area contributed by atoms with E-state index in [4.69, 9.17) is 10.3 Å². The highest BCUT2D eigenvalue weighted by Crippen LogP contribution is 2.16. The lowest BCUT2D eigenvalue weighted by Gasteiger charge is -2.34. The standard InChI is InChI=1S/C13H22N4O2/c1-10-12(11(2)19-15-10)9-16-5-7-17(8-6-16)13(18)3-4-14/h3-9,14H2,1-2H3. The summed E-state index contributed by atoms with van der Waals surface area (Å²) in [6.07, 6.45) is 0.448. The molecule has 0 spiro atoms. The first-order chi connectivity index (χ1) is 9.11. The molecule has 1 amide bonds. The van der Waals surface area contributed by atoms with Crippen molar-refractivity contribution in [3.63, 3.8) is 0 Å². The van der Waals surface area contributed by atoms with Crippen molar-refractivity contribution in [2.24, 2.45) is 5.73 Å². The van der Waals surface area contributed by atoms with E-state index in [2.05, 4.69) is 10.1 Å². The predicted molar refractivity (Wildman–Crippen MR) is 71.5 cm³/mol. The molecule has 1 aromatic heterocycles. The number of carbonyl (C=O) groups excluding carboxylic acids is 1. The maximum atomic E-state index is 11.7. The van der Waals surface area contributed by atoms with Gasteiger partial charge in [0.2, 0.25) is 5.91 Å². The summed E-state index contributed by atoms with van der Waals surface area (Å²) in [5.41, 5.74) is 7.54. The van der Waals surface area contributed by atoms with Crippen molar-refractivity contribution in [2.75, 3.05) is 32.7 Å². The van der Waals surface area contributed by atoms with Gasteiger partial charge in [0, 0.05) is 51.3 Å². The largest absolute Gasteiger partial charge is 0.361 e. The second-order valence-electron chi connectivity index (χ2n) is 5.00. The summed E-state index contributed by atoms with van der Waals surface area (Å²) in [7, 11) is 0. The zero-order valence-corrected chi connectivity index (χ0v) is 11.7. The van der Waals surface area contributed by atoms with Crippen LogP contribution in [0.2, 0.25) is 0 Å². The Morgan fingerprint density at radius 2 is 2.00 bits per heavy atom. The molecular formula is C13H22N4O2. The number of piperazine rings is 1. The van der Waals surface area contributed by atoms with E-state index < -0.39 is 0 Å². The third kappa shape index (κ3) is 3.33. The van der Waals surface area contributed by atoms with Gasteiger partial charge in [0.25, 0.3) is 0 Å².